The lowest BCUT2D eigenvalue weighted by Gasteiger charge is -2.35. The number of unbranched alkanes of at least 4 members (excludes halogenated alkanes) is 1. The van der Waals surface area contributed by atoms with Crippen molar-refractivity contribution < 1.29 is 27.5 Å². The molecule has 0 spiro atoms. The normalized spacial score (nSPS) is 19.9. The van der Waals surface area contributed by atoms with E-state index in [2.05, 4.69) is 0 Å². The summed E-state index contributed by atoms with van der Waals surface area (Å²) < 4.78 is 45.8. The van der Waals surface area contributed by atoms with E-state index in [9.17, 15) is 22.8 Å². The molecular formula is C22H29F3N2O3. The third kappa shape index (κ3) is 5.08. The zero-order chi connectivity index (χ0) is 21.7. The number of carbonyl (C=O) groups is 2. The average molecular weight is 426 g/mol. The molecule has 30 heavy (non-hydrogen) atoms. The van der Waals surface area contributed by atoms with Crippen molar-refractivity contribution >= 4 is 12.0 Å². The third-order valence-electron chi connectivity index (χ3n) is 5.95. The molecule has 1 saturated carbocycles. The van der Waals surface area contributed by atoms with Gasteiger partial charge in [-0.2, -0.15) is 13.2 Å². The van der Waals surface area contributed by atoms with Gasteiger partial charge < -0.3 is 14.5 Å². The molecule has 0 N–H and O–H groups in total. The number of benzene rings is 1. The minimum absolute atomic E-state index is 0.0974. The summed E-state index contributed by atoms with van der Waals surface area (Å²) in [7, 11) is 0. The van der Waals surface area contributed by atoms with Crippen LogP contribution >= 0.6 is 0 Å². The van der Waals surface area contributed by atoms with E-state index in [-0.39, 0.29) is 17.6 Å². The Kier molecular flexibility index (Phi) is 7.26. The molecule has 1 saturated heterocycles. The third-order valence-corrected chi connectivity index (χ3v) is 5.95. The van der Waals surface area contributed by atoms with Crippen molar-refractivity contribution in [2.45, 2.75) is 70.1 Å². The predicted octanol–water partition coefficient (Wildman–Crippen LogP) is 5.10. The topological polar surface area (TPSA) is 49.9 Å². The summed E-state index contributed by atoms with van der Waals surface area (Å²) in [4.78, 5) is 28.8. The molecule has 2 aliphatic rings. The van der Waals surface area contributed by atoms with Crippen molar-refractivity contribution in [3.05, 3.63) is 35.4 Å². The van der Waals surface area contributed by atoms with Gasteiger partial charge in [0.15, 0.2) is 0 Å². The standard InChI is InChI=1S/C22H29F3N2O3/c1-2-3-14-30-21(29)26-13-12-17(15-26)27(16-8-4-5-9-16)20(28)18-10-6-7-11-19(18)22(23,24)25/h6-7,10-11,16-17H,2-5,8-9,12-15H2,1H3/t17-/m0/s1. The second kappa shape index (κ2) is 9.71. The first-order valence-electron chi connectivity index (χ1n) is 10.7. The highest BCUT2D eigenvalue weighted by Crippen LogP contribution is 2.35. The Morgan fingerprint density at radius 3 is 2.50 bits per heavy atom. The zero-order valence-corrected chi connectivity index (χ0v) is 17.3. The van der Waals surface area contributed by atoms with Crippen LogP contribution in [0.25, 0.3) is 0 Å². The van der Waals surface area contributed by atoms with Crippen molar-refractivity contribution in [3.8, 4) is 0 Å². The maximum atomic E-state index is 13.5. The number of rotatable bonds is 6. The Labute approximate surface area is 175 Å². The van der Waals surface area contributed by atoms with E-state index in [0.29, 0.717) is 26.1 Å². The van der Waals surface area contributed by atoms with Crippen molar-refractivity contribution in [1.29, 1.82) is 0 Å². The Balaban J connectivity index is 1.80. The molecule has 166 valence electrons. The first-order chi connectivity index (χ1) is 14.3. The monoisotopic (exact) mass is 426 g/mol. The van der Waals surface area contributed by atoms with E-state index in [4.69, 9.17) is 4.74 Å². The number of alkyl halides is 3. The number of carbonyl (C=O) groups excluding carboxylic acids is 2. The minimum Gasteiger partial charge on any atom is -0.449 e. The maximum Gasteiger partial charge on any atom is 0.417 e. The first-order valence-corrected chi connectivity index (χ1v) is 10.7. The molecule has 2 fully saturated rings. The molecule has 0 bridgehead atoms. The molecular weight excluding hydrogens is 397 g/mol. The van der Waals surface area contributed by atoms with Gasteiger partial charge in [0, 0.05) is 19.1 Å². The minimum atomic E-state index is -4.60. The van der Waals surface area contributed by atoms with Gasteiger partial charge in [-0.25, -0.2) is 4.79 Å². The largest absolute Gasteiger partial charge is 0.449 e. The van der Waals surface area contributed by atoms with Crippen LogP contribution in [0, 0.1) is 0 Å². The van der Waals surface area contributed by atoms with Crippen molar-refractivity contribution in [1.82, 2.24) is 9.80 Å². The van der Waals surface area contributed by atoms with Crippen LogP contribution in [0.4, 0.5) is 18.0 Å². The summed E-state index contributed by atoms with van der Waals surface area (Å²) in [5.74, 6) is -0.596. The number of nitrogens with zero attached hydrogens (tertiary/aromatic N) is 2. The highest BCUT2D eigenvalue weighted by molar-refractivity contribution is 5.96. The SMILES string of the molecule is CCCCOC(=O)N1CC[C@H](N(C(=O)c2ccccc2C(F)(F)F)C2CCCC2)C1. The van der Waals surface area contributed by atoms with E-state index in [1.165, 1.54) is 18.2 Å². The molecule has 1 aromatic carbocycles. The van der Waals surface area contributed by atoms with Crippen LogP contribution in [0.2, 0.25) is 0 Å². The molecule has 0 aromatic heterocycles. The van der Waals surface area contributed by atoms with Gasteiger partial charge in [-0.15, -0.1) is 0 Å². The molecule has 0 unspecified atom stereocenters. The molecule has 5 nitrogen and oxygen atoms in total. The number of ether oxygens (including phenoxy) is 1. The van der Waals surface area contributed by atoms with E-state index in [1.54, 1.807) is 9.80 Å². The molecule has 1 atom stereocenters. The molecule has 1 heterocycles. The zero-order valence-electron chi connectivity index (χ0n) is 17.3. The van der Waals surface area contributed by atoms with Gasteiger partial charge in [-0.05, 0) is 37.8 Å². The number of hydrogen-bond acceptors (Lipinski definition) is 3. The van der Waals surface area contributed by atoms with Gasteiger partial charge in [0.2, 0.25) is 0 Å². The summed E-state index contributed by atoms with van der Waals surface area (Å²) in [6.07, 6.45) is 0.672. The Morgan fingerprint density at radius 2 is 1.83 bits per heavy atom. The number of likely N-dealkylation sites (tertiary alicyclic amines) is 1. The molecule has 0 radical (unpaired) electrons. The molecule has 1 aliphatic heterocycles. The summed E-state index contributed by atoms with van der Waals surface area (Å²) in [5, 5.41) is 0. The Bertz CT molecular complexity index is 747. The van der Waals surface area contributed by atoms with Crippen molar-refractivity contribution in [2.24, 2.45) is 0 Å². The van der Waals surface area contributed by atoms with Gasteiger partial charge in [0.05, 0.1) is 23.8 Å². The van der Waals surface area contributed by atoms with Crippen LogP contribution in [0.1, 0.15) is 67.8 Å². The summed E-state index contributed by atoms with van der Waals surface area (Å²) in [6.45, 7) is 3.08. The Morgan fingerprint density at radius 1 is 1.13 bits per heavy atom. The van der Waals surface area contributed by atoms with Crippen LogP contribution in [0.15, 0.2) is 24.3 Å². The van der Waals surface area contributed by atoms with E-state index in [0.717, 1.165) is 44.6 Å². The van der Waals surface area contributed by atoms with Gasteiger partial charge >= 0.3 is 12.3 Å². The highest BCUT2D eigenvalue weighted by atomic mass is 19.4. The van der Waals surface area contributed by atoms with Crippen LogP contribution in [-0.2, 0) is 10.9 Å². The average Bonchev–Trinajstić information content (AvgIpc) is 3.40. The lowest BCUT2D eigenvalue weighted by molar-refractivity contribution is -0.138. The Hall–Kier alpha value is -2.25. The summed E-state index contributed by atoms with van der Waals surface area (Å²) >= 11 is 0. The lowest BCUT2D eigenvalue weighted by Crippen LogP contribution is -2.48. The number of amides is 2. The number of hydrogen-bond donors (Lipinski definition) is 0. The molecule has 8 heteroatoms. The predicted molar refractivity (Wildman–Crippen MR) is 106 cm³/mol. The second-order valence-electron chi connectivity index (χ2n) is 8.05. The van der Waals surface area contributed by atoms with E-state index >= 15 is 0 Å². The van der Waals surface area contributed by atoms with Crippen molar-refractivity contribution in [2.75, 3.05) is 19.7 Å². The number of halogens is 3. The van der Waals surface area contributed by atoms with Gasteiger partial charge in [0.25, 0.3) is 5.91 Å². The quantitative estimate of drug-likeness (QED) is 0.595. The van der Waals surface area contributed by atoms with Crippen LogP contribution in [-0.4, -0.2) is 53.6 Å². The fourth-order valence-electron chi connectivity index (χ4n) is 4.40. The molecule has 3 rings (SSSR count). The summed E-state index contributed by atoms with van der Waals surface area (Å²) in [6, 6.07) is 4.55. The fraction of sp³-hybridized carbons (Fsp3) is 0.636. The fourth-order valence-corrected chi connectivity index (χ4v) is 4.40. The van der Waals surface area contributed by atoms with E-state index < -0.39 is 23.7 Å². The summed E-state index contributed by atoms with van der Waals surface area (Å²) in [5.41, 5.74) is -1.23. The highest BCUT2D eigenvalue weighted by Gasteiger charge is 2.41. The first kappa shape index (κ1) is 22.4. The van der Waals surface area contributed by atoms with Gasteiger partial charge in [0.1, 0.15) is 0 Å². The maximum absolute atomic E-state index is 13.5. The van der Waals surface area contributed by atoms with Crippen LogP contribution in [0.5, 0.6) is 0 Å². The van der Waals surface area contributed by atoms with Crippen LogP contribution in [0.3, 0.4) is 0 Å². The lowest BCUT2D eigenvalue weighted by atomic mass is 10.0. The van der Waals surface area contributed by atoms with Crippen LogP contribution < -0.4 is 0 Å². The van der Waals surface area contributed by atoms with Gasteiger partial charge in [-0.1, -0.05) is 38.3 Å². The smallest absolute Gasteiger partial charge is 0.417 e. The second-order valence-corrected chi connectivity index (χ2v) is 8.05. The van der Waals surface area contributed by atoms with E-state index in [1.807, 2.05) is 6.92 Å². The molecule has 1 aromatic rings. The molecule has 1 aliphatic carbocycles. The van der Waals surface area contributed by atoms with Crippen molar-refractivity contribution in [3.63, 3.8) is 0 Å². The molecule has 2 amide bonds. The van der Waals surface area contributed by atoms with Gasteiger partial charge in [-0.3, -0.25) is 4.79 Å².